The number of benzene rings is 1. The monoisotopic (exact) mass is 194 g/mol. The lowest BCUT2D eigenvalue weighted by molar-refractivity contribution is 0.112. The van der Waals surface area contributed by atoms with Gasteiger partial charge in [0.1, 0.15) is 5.82 Å². The van der Waals surface area contributed by atoms with Crippen molar-refractivity contribution in [3.63, 3.8) is 0 Å². The quantitative estimate of drug-likeness (QED) is 0.637. The molecule has 1 nitrogen and oxygen atoms in total. The Morgan fingerprint density at radius 3 is 2.85 bits per heavy atom. The first-order valence-corrected chi connectivity index (χ1v) is 4.67. The molecule has 0 radical (unpaired) electrons. The van der Waals surface area contributed by atoms with Gasteiger partial charge in [0.15, 0.2) is 6.29 Å². The van der Waals surface area contributed by atoms with Gasteiger partial charge in [0.2, 0.25) is 0 Å². The van der Waals surface area contributed by atoms with Crippen LogP contribution in [0.3, 0.4) is 0 Å². The first kappa shape index (κ1) is 8.38. The summed E-state index contributed by atoms with van der Waals surface area (Å²) in [5.41, 5.74) is 0.875. The van der Waals surface area contributed by atoms with E-state index < -0.39 is 0 Å². The maximum absolute atomic E-state index is 13.3. The zero-order chi connectivity index (χ0) is 9.42. The van der Waals surface area contributed by atoms with Gasteiger partial charge in [0, 0.05) is 0 Å². The number of rotatable bonds is 1. The van der Waals surface area contributed by atoms with Crippen molar-refractivity contribution in [1.82, 2.24) is 0 Å². The standard InChI is InChI=1S/C10H7FOS/c1-6-2-7-4-8(5-12)13-10(7)9(11)3-6/h2-5H,1H3. The summed E-state index contributed by atoms with van der Waals surface area (Å²) >= 11 is 1.19. The Balaban J connectivity index is 2.82. The minimum absolute atomic E-state index is 0.242. The number of aryl methyl sites for hydroxylation is 1. The summed E-state index contributed by atoms with van der Waals surface area (Å²) in [6.07, 6.45) is 0.749. The van der Waals surface area contributed by atoms with E-state index in [0.29, 0.717) is 9.58 Å². The predicted molar refractivity (Wildman–Crippen MR) is 51.9 cm³/mol. The van der Waals surface area contributed by atoms with Crippen LogP contribution < -0.4 is 0 Å². The van der Waals surface area contributed by atoms with E-state index in [2.05, 4.69) is 0 Å². The smallest absolute Gasteiger partial charge is 0.160 e. The molecule has 0 aliphatic carbocycles. The van der Waals surface area contributed by atoms with Crippen molar-refractivity contribution < 1.29 is 9.18 Å². The third-order valence-electron chi connectivity index (χ3n) is 1.85. The van der Waals surface area contributed by atoms with Gasteiger partial charge in [-0.3, -0.25) is 4.79 Å². The van der Waals surface area contributed by atoms with E-state index in [9.17, 15) is 9.18 Å². The molecule has 13 heavy (non-hydrogen) atoms. The Morgan fingerprint density at radius 1 is 1.38 bits per heavy atom. The fourth-order valence-electron chi connectivity index (χ4n) is 1.33. The number of hydrogen-bond acceptors (Lipinski definition) is 2. The molecule has 2 aromatic rings. The van der Waals surface area contributed by atoms with Crippen LogP contribution in [0.5, 0.6) is 0 Å². The first-order valence-electron chi connectivity index (χ1n) is 3.85. The number of halogens is 1. The van der Waals surface area contributed by atoms with Gasteiger partial charge in [-0.25, -0.2) is 4.39 Å². The third-order valence-corrected chi connectivity index (χ3v) is 2.94. The molecule has 1 heterocycles. The van der Waals surface area contributed by atoms with E-state index in [1.54, 1.807) is 6.07 Å². The van der Waals surface area contributed by atoms with Crippen LogP contribution in [0.1, 0.15) is 15.2 Å². The van der Waals surface area contributed by atoms with Crippen molar-refractivity contribution in [2.75, 3.05) is 0 Å². The molecular formula is C10H7FOS. The van der Waals surface area contributed by atoms with Crippen molar-refractivity contribution >= 4 is 27.7 Å². The average Bonchev–Trinajstić information content (AvgIpc) is 2.47. The molecule has 0 saturated carbocycles. The highest BCUT2D eigenvalue weighted by atomic mass is 32.1. The van der Waals surface area contributed by atoms with Gasteiger partial charge in [-0.15, -0.1) is 11.3 Å². The molecule has 2 rings (SSSR count). The highest BCUT2D eigenvalue weighted by molar-refractivity contribution is 7.20. The van der Waals surface area contributed by atoms with Crippen molar-refractivity contribution in [2.45, 2.75) is 6.92 Å². The Hall–Kier alpha value is -1.22. The van der Waals surface area contributed by atoms with Gasteiger partial charge >= 0.3 is 0 Å². The van der Waals surface area contributed by atoms with Crippen LogP contribution in [0.4, 0.5) is 4.39 Å². The van der Waals surface area contributed by atoms with Crippen LogP contribution in [0.25, 0.3) is 10.1 Å². The molecule has 0 N–H and O–H groups in total. The second-order valence-corrected chi connectivity index (χ2v) is 4.02. The maximum Gasteiger partial charge on any atom is 0.160 e. The SMILES string of the molecule is Cc1cc(F)c2sc(C=O)cc2c1. The van der Waals surface area contributed by atoms with Gasteiger partial charge in [-0.1, -0.05) is 6.07 Å². The summed E-state index contributed by atoms with van der Waals surface area (Å²) in [6.45, 7) is 1.83. The number of thiophene rings is 1. The second-order valence-electron chi connectivity index (χ2n) is 2.93. The van der Waals surface area contributed by atoms with Crippen molar-refractivity contribution in [3.8, 4) is 0 Å². The number of fused-ring (bicyclic) bond motifs is 1. The lowest BCUT2D eigenvalue weighted by atomic mass is 10.2. The second kappa shape index (κ2) is 2.92. The Bertz CT molecular complexity index is 473. The zero-order valence-corrected chi connectivity index (χ0v) is 7.82. The Morgan fingerprint density at radius 2 is 2.15 bits per heavy atom. The molecule has 0 spiro atoms. The highest BCUT2D eigenvalue weighted by Gasteiger charge is 2.06. The van der Waals surface area contributed by atoms with E-state index in [1.165, 1.54) is 17.4 Å². The van der Waals surface area contributed by atoms with Gasteiger partial charge in [0.05, 0.1) is 9.58 Å². The minimum atomic E-state index is -0.242. The average molecular weight is 194 g/mol. The highest BCUT2D eigenvalue weighted by Crippen LogP contribution is 2.28. The van der Waals surface area contributed by atoms with Crippen molar-refractivity contribution in [1.29, 1.82) is 0 Å². The van der Waals surface area contributed by atoms with E-state index in [4.69, 9.17) is 0 Å². The number of aldehydes is 1. The summed E-state index contributed by atoms with van der Waals surface area (Å²) in [5.74, 6) is -0.242. The molecule has 0 saturated heterocycles. The van der Waals surface area contributed by atoms with Crippen molar-refractivity contribution in [3.05, 3.63) is 34.5 Å². The van der Waals surface area contributed by atoms with E-state index in [0.717, 1.165) is 17.2 Å². The largest absolute Gasteiger partial charge is 0.297 e. The lowest BCUT2D eigenvalue weighted by Gasteiger charge is -1.93. The molecule has 0 bridgehead atoms. The van der Waals surface area contributed by atoms with Crippen LogP contribution in [0.2, 0.25) is 0 Å². The van der Waals surface area contributed by atoms with E-state index >= 15 is 0 Å². The molecular weight excluding hydrogens is 187 g/mol. The first-order chi connectivity index (χ1) is 6.20. The number of hydrogen-bond donors (Lipinski definition) is 0. The normalized spacial score (nSPS) is 10.6. The Kier molecular flexibility index (Phi) is 1.88. The molecule has 0 unspecified atom stereocenters. The zero-order valence-electron chi connectivity index (χ0n) is 7.00. The number of carbonyl (C=O) groups is 1. The third kappa shape index (κ3) is 1.35. The van der Waals surface area contributed by atoms with Crippen LogP contribution in [-0.2, 0) is 0 Å². The maximum atomic E-state index is 13.3. The number of carbonyl (C=O) groups excluding carboxylic acids is 1. The van der Waals surface area contributed by atoms with Crippen molar-refractivity contribution in [2.24, 2.45) is 0 Å². The van der Waals surface area contributed by atoms with Gasteiger partial charge in [-0.05, 0) is 30.0 Å². The van der Waals surface area contributed by atoms with Crippen LogP contribution in [-0.4, -0.2) is 6.29 Å². The fraction of sp³-hybridized carbons (Fsp3) is 0.100. The summed E-state index contributed by atoms with van der Waals surface area (Å²) in [6, 6.07) is 5.07. The molecule has 66 valence electrons. The molecule has 0 atom stereocenters. The summed E-state index contributed by atoms with van der Waals surface area (Å²) in [5, 5.41) is 0.810. The molecule has 0 aliphatic heterocycles. The molecule has 0 amide bonds. The summed E-state index contributed by atoms with van der Waals surface area (Å²) in [4.78, 5) is 11.0. The van der Waals surface area contributed by atoms with Crippen LogP contribution in [0, 0.1) is 12.7 Å². The molecule has 0 fully saturated rings. The van der Waals surface area contributed by atoms with Crippen LogP contribution in [0.15, 0.2) is 18.2 Å². The molecule has 1 aromatic carbocycles. The van der Waals surface area contributed by atoms with Gasteiger partial charge < -0.3 is 0 Å². The molecule has 1 aromatic heterocycles. The molecule has 3 heteroatoms. The predicted octanol–water partition coefficient (Wildman–Crippen LogP) is 3.16. The molecule has 0 aliphatic rings. The summed E-state index contributed by atoms with van der Waals surface area (Å²) < 4.78 is 13.9. The fourth-order valence-corrected chi connectivity index (χ4v) is 2.19. The van der Waals surface area contributed by atoms with E-state index in [1.807, 2.05) is 13.0 Å². The Labute approximate surface area is 78.8 Å². The van der Waals surface area contributed by atoms with Gasteiger partial charge in [-0.2, -0.15) is 0 Å². The minimum Gasteiger partial charge on any atom is -0.297 e. The van der Waals surface area contributed by atoms with Crippen LogP contribution >= 0.6 is 11.3 Å². The van der Waals surface area contributed by atoms with E-state index in [-0.39, 0.29) is 5.82 Å². The summed E-state index contributed by atoms with van der Waals surface area (Å²) in [7, 11) is 0. The van der Waals surface area contributed by atoms with Gasteiger partial charge in [0.25, 0.3) is 0 Å². The topological polar surface area (TPSA) is 17.1 Å². The lowest BCUT2D eigenvalue weighted by Crippen LogP contribution is -1.76.